The molecule has 1 aromatic heterocycles. The third-order valence-corrected chi connectivity index (χ3v) is 5.14. The van der Waals surface area contributed by atoms with E-state index in [1.54, 1.807) is 13.8 Å². The van der Waals surface area contributed by atoms with Crippen LogP contribution in [0.1, 0.15) is 25.5 Å². The van der Waals surface area contributed by atoms with Crippen LogP contribution >= 0.6 is 85.5 Å². The second-order valence-corrected chi connectivity index (χ2v) is 11.1. The molecule has 0 bridgehead atoms. The van der Waals surface area contributed by atoms with Crippen molar-refractivity contribution in [1.29, 1.82) is 0 Å². The lowest BCUT2D eigenvalue weighted by atomic mass is 10.2. The molecule has 2 rings (SSSR count). The van der Waals surface area contributed by atoms with Gasteiger partial charge in [-0.3, -0.25) is 0 Å². The third kappa shape index (κ3) is 6.85. The summed E-state index contributed by atoms with van der Waals surface area (Å²) in [6.07, 6.45) is -1.84. The molecule has 174 valence electrons. The number of amides is 2. The first-order valence-corrected chi connectivity index (χ1v) is 11.7. The molecule has 1 aromatic carbocycles. The Kier molecular flexibility index (Phi) is 9.50. The fourth-order valence-electron chi connectivity index (χ4n) is 2.23. The van der Waals surface area contributed by atoms with Gasteiger partial charge in [-0.05, 0) is 48.0 Å². The minimum atomic E-state index is -2.02. The van der Waals surface area contributed by atoms with Crippen molar-refractivity contribution in [2.45, 2.75) is 21.4 Å². The molecule has 0 saturated carbocycles. The molecule has 0 saturated heterocycles. The van der Waals surface area contributed by atoms with E-state index in [-0.39, 0.29) is 36.4 Å². The van der Waals surface area contributed by atoms with Crippen molar-refractivity contribution in [2.75, 3.05) is 18.1 Å². The van der Waals surface area contributed by atoms with Gasteiger partial charge in [0.1, 0.15) is 0 Å². The monoisotopic (exact) mass is 626 g/mol. The molecular weight excluding hydrogens is 617 g/mol. The smallest absolute Gasteiger partial charge is 0.424 e. The lowest BCUT2D eigenvalue weighted by Gasteiger charge is -2.21. The molecule has 32 heavy (non-hydrogen) atoms. The van der Waals surface area contributed by atoms with Crippen molar-refractivity contribution in [3.05, 3.63) is 34.3 Å². The molecule has 0 N–H and O–H groups in total. The van der Waals surface area contributed by atoms with Crippen LogP contribution in [0.3, 0.4) is 0 Å². The number of carbonyl (C=O) groups is 2. The summed E-state index contributed by atoms with van der Waals surface area (Å²) in [5.74, 6) is -0.531. The molecule has 0 radical (unpaired) electrons. The molecule has 2 aromatic rings. The molecule has 0 fully saturated rings. The summed E-state index contributed by atoms with van der Waals surface area (Å²) in [7, 11) is 0. The fourth-order valence-corrected chi connectivity index (χ4v) is 3.30. The van der Waals surface area contributed by atoms with Gasteiger partial charge in [0, 0.05) is 10.0 Å². The van der Waals surface area contributed by atoms with Crippen LogP contribution < -0.4 is 4.90 Å². The van der Waals surface area contributed by atoms with Crippen LogP contribution in [0.5, 0.6) is 0 Å². The molecule has 0 aliphatic heterocycles. The average Bonchev–Trinajstić information content (AvgIpc) is 2.68. The minimum absolute atomic E-state index is 0.00807. The number of benzene rings is 1. The van der Waals surface area contributed by atoms with E-state index in [0.29, 0.717) is 10.0 Å². The second kappa shape index (κ2) is 11.1. The van der Waals surface area contributed by atoms with Gasteiger partial charge in [0.15, 0.2) is 17.5 Å². The molecular formula is C17H13BrCl6N4O4. The maximum absolute atomic E-state index is 12.3. The summed E-state index contributed by atoms with van der Waals surface area (Å²) in [5.41, 5.74) is 0.504. The molecule has 0 aliphatic carbocycles. The maximum Gasteiger partial charge on any atom is 0.424 e. The highest BCUT2D eigenvalue weighted by Crippen LogP contribution is 2.41. The molecule has 2 amide bonds. The van der Waals surface area contributed by atoms with Gasteiger partial charge in [0.25, 0.3) is 0 Å². The topological polar surface area (TPSA) is 94.5 Å². The van der Waals surface area contributed by atoms with Gasteiger partial charge >= 0.3 is 12.2 Å². The van der Waals surface area contributed by atoms with Crippen molar-refractivity contribution < 1.29 is 19.1 Å². The molecule has 15 heteroatoms. The van der Waals surface area contributed by atoms with Crippen LogP contribution in [0.4, 0.5) is 15.3 Å². The zero-order valence-electron chi connectivity index (χ0n) is 16.2. The van der Waals surface area contributed by atoms with E-state index in [4.69, 9.17) is 79.1 Å². The van der Waals surface area contributed by atoms with E-state index in [1.165, 1.54) is 18.2 Å². The number of halogens is 7. The Morgan fingerprint density at radius 2 is 1.38 bits per heavy atom. The predicted octanol–water partition coefficient (Wildman–Crippen LogP) is 7.07. The van der Waals surface area contributed by atoms with Gasteiger partial charge in [-0.25, -0.2) is 24.5 Å². The van der Waals surface area contributed by atoms with Gasteiger partial charge in [-0.1, -0.05) is 69.6 Å². The van der Waals surface area contributed by atoms with Crippen molar-refractivity contribution in [3.63, 3.8) is 0 Å². The Balaban J connectivity index is 2.59. The maximum atomic E-state index is 12.3. The van der Waals surface area contributed by atoms with E-state index in [0.717, 1.165) is 4.90 Å². The number of nitrogens with zero attached hydrogens (tertiary/aromatic N) is 4. The molecule has 1 heterocycles. The van der Waals surface area contributed by atoms with Crippen LogP contribution in [0, 0.1) is 0 Å². The van der Waals surface area contributed by atoms with E-state index in [9.17, 15) is 9.59 Å². The van der Waals surface area contributed by atoms with Crippen molar-refractivity contribution in [2.24, 2.45) is 0 Å². The summed E-state index contributed by atoms with van der Waals surface area (Å²) in [6, 6.07) is 4.42. The largest absolute Gasteiger partial charge is 0.449 e. The first-order valence-electron chi connectivity index (χ1n) is 8.63. The number of anilines is 1. The van der Waals surface area contributed by atoms with Crippen molar-refractivity contribution >= 4 is 103 Å². The van der Waals surface area contributed by atoms with Gasteiger partial charge < -0.3 is 9.47 Å². The SMILES string of the molecule is CCOC(=O)N(C(=O)OCC)c1ccc(-c2nc(C(Cl)(Cl)Cl)nc(C(Cl)(Cl)Cl)n2)cc1Br. The van der Waals surface area contributed by atoms with Crippen LogP contribution in [0.25, 0.3) is 11.4 Å². The van der Waals surface area contributed by atoms with E-state index in [2.05, 4.69) is 30.9 Å². The molecule has 0 spiro atoms. The first-order chi connectivity index (χ1) is 14.8. The zero-order chi connectivity index (χ0) is 24.3. The Labute approximate surface area is 221 Å². The van der Waals surface area contributed by atoms with E-state index in [1.807, 2.05) is 0 Å². The minimum Gasteiger partial charge on any atom is -0.449 e. The number of imide groups is 1. The van der Waals surface area contributed by atoms with E-state index >= 15 is 0 Å². The van der Waals surface area contributed by atoms with Gasteiger partial charge in [0.2, 0.25) is 7.59 Å². The Morgan fingerprint density at radius 1 is 0.906 bits per heavy atom. The highest BCUT2D eigenvalue weighted by atomic mass is 79.9. The van der Waals surface area contributed by atoms with Gasteiger partial charge in [-0.15, -0.1) is 0 Å². The highest BCUT2D eigenvalue weighted by molar-refractivity contribution is 9.10. The molecule has 0 unspecified atom stereocenters. The molecule has 0 atom stereocenters. The quantitative estimate of drug-likeness (QED) is 0.334. The number of alkyl halides is 6. The summed E-state index contributed by atoms with van der Waals surface area (Å²) >= 11 is 38.7. The summed E-state index contributed by atoms with van der Waals surface area (Å²) < 4.78 is 6.14. The van der Waals surface area contributed by atoms with Crippen LogP contribution in [0.15, 0.2) is 22.7 Å². The first kappa shape index (κ1) is 27.4. The van der Waals surface area contributed by atoms with E-state index < -0.39 is 19.8 Å². The summed E-state index contributed by atoms with van der Waals surface area (Å²) in [5, 5.41) is 0. The number of rotatable bonds is 4. The lowest BCUT2D eigenvalue weighted by molar-refractivity contribution is 0.140. The zero-order valence-corrected chi connectivity index (χ0v) is 22.3. The number of hydrogen-bond donors (Lipinski definition) is 0. The number of ether oxygens (including phenoxy) is 2. The summed E-state index contributed by atoms with van der Waals surface area (Å²) in [4.78, 5) is 37.6. The number of aromatic nitrogens is 3. The fraction of sp³-hybridized carbons (Fsp3) is 0.353. The molecule has 0 aliphatic rings. The Bertz CT molecular complexity index is 965. The normalized spacial score (nSPS) is 11.8. The third-order valence-electron chi connectivity index (χ3n) is 3.49. The van der Waals surface area contributed by atoms with Gasteiger partial charge in [-0.2, -0.15) is 4.90 Å². The van der Waals surface area contributed by atoms with Crippen LogP contribution in [0.2, 0.25) is 0 Å². The number of carbonyl (C=O) groups excluding carboxylic acids is 2. The standard InChI is InChI=1S/C17H13BrCl6N4O4/c1-3-31-14(29)28(15(30)32-4-2)10-6-5-8(7-9(10)18)11-25-12(16(19,20)21)27-13(26-11)17(22,23)24/h5-7H,3-4H2,1-2H3. The summed E-state index contributed by atoms with van der Waals surface area (Å²) in [6.45, 7) is 3.30. The second-order valence-electron chi connectivity index (χ2n) is 5.70. The van der Waals surface area contributed by atoms with Gasteiger partial charge in [0.05, 0.1) is 18.9 Å². The average molecular weight is 630 g/mol. The molecule has 8 nitrogen and oxygen atoms in total. The Morgan fingerprint density at radius 3 is 1.75 bits per heavy atom. The predicted molar refractivity (Wildman–Crippen MR) is 128 cm³/mol. The van der Waals surface area contributed by atoms with Crippen molar-refractivity contribution in [1.82, 2.24) is 15.0 Å². The van der Waals surface area contributed by atoms with Crippen molar-refractivity contribution in [3.8, 4) is 11.4 Å². The number of hydrogen-bond acceptors (Lipinski definition) is 7. The lowest BCUT2D eigenvalue weighted by Crippen LogP contribution is -2.38. The van der Waals surface area contributed by atoms with Crippen LogP contribution in [-0.4, -0.2) is 40.4 Å². The highest BCUT2D eigenvalue weighted by Gasteiger charge is 2.34. The van der Waals surface area contributed by atoms with Crippen LogP contribution in [-0.2, 0) is 17.1 Å². The Hall–Kier alpha value is -0.810.